The molecule has 0 aromatic heterocycles. The van der Waals surface area contributed by atoms with Gasteiger partial charge in [-0.15, -0.1) is 6.58 Å². The van der Waals surface area contributed by atoms with E-state index < -0.39 is 33.7 Å². The highest BCUT2D eigenvalue weighted by Gasteiger charge is 2.65. The predicted molar refractivity (Wildman–Crippen MR) is 293 cm³/mol. The zero-order chi connectivity index (χ0) is 54.3. The molecule has 1 heterocycles. The number of non-ortho nitro benzene ring substituents is 2. The molecule has 2 aliphatic carbocycles. The topological polar surface area (TPSA) is 225 Å². The molecule has 1 aliphatic heterocycles. The maximum absolute atomic E-state index is 14.9. The fourth-order valence-electron chi connectivity index (χ4n) is 11.2. The molecule has 17 nitrogen and oxygen atoms in total. The van der Waals surface area contributed by atoms with Crippen LogP contribution in [0.3, 0.4) is 0 Å². The molecule has 17 heteroatoms. The molecule has 1 saturated carbocycles. The van der Waals surface area contributed by atoms with E-state index in [4.69, 9.17) is 24.2 Å². The Morgan fingerprint density at radius 1 is 0.842 bits per heavy atom. The fourth-order valence-corrected chi connectivity index (χ4v) is 11.2. The van der Waals surface area contributed by atoms with E-state index in [1.165, 1.54) is 75.3 Å². The summed E-state index contributed by atoms with van der Waals surface area (Å²) in [7, 11) is 0. The summed E-state index contributed by atoms with van der Waals surface area (Å²) in [5, 5.41) is 50.7. The first-order valence-electron chi connectivity index (χ1n) is 27.6. The van der Waals surface area contributed by atoms with Crippen LogP contribution in [0.15, 0.2) is 102 Å². The van der Waals surface area contributed by atoms with E-state index in [2.05, 4.69) is 24.9 Å². The average molecular weight is 1050 g/mol. The van der Waals surface area contributed by atoms with Crippen molar-refractivity contribution >= 4 is 35.2 Å². The molecule has 6 atom stereocenters. The molecule has 3 aromatic carbocycles. The monoisotopic (exact) mass is 1050 g/mol. The van der Waals surface area contributed by atoms with Crippen molar-refractivity contribution in [3.63, 3.8) is 0 Å². The standard InChI is InChI=1S/C59H79N5O12/c1-4-7-8-9-10-11-12-13-14-17-34-60-58(68)75-48-31-32-53-51(40-48)56-49(21-16-19-37-66)45(20-15-18-36-65)39-50-52(61-74-42-44-24-29-47(30-25-44)64(71)72)41-54(59(76-53,57(50)56)73-38-6-3)62(35-5-2)55(67)33-26-43-22-27-46(28-23-43)63(69)70/h6,22-33,39-40,45,49,54,56-57,65-66H,3-5,7-21,34-38,41-42H2,1-2H3,(H,60,68). The molecule has 6 rings (SSSR count). The van der Waals surface area contributed by atoms with Crippen molar-refractivity contribution in [3.8, 4) is 11.5 Å². The summed E-state index contributed by atoms with van der Waals surface area (Å²) in [6.45, 7) is 9.07. The van der Waals surface area contributed by atoms with Crippen molar-refractivity contribution in [2.45, 2.75) is 154 Å². The van der Waals surface area contributed by atoms with Crippen LogP contribution in [0.25, 0.3) is 6.08 Å². The molecule has 3 aliphatic rings. The van der Waals surface area contributed by atoms with Gasteiger partial charge in [0.25, 0.3) is 11.4 Å². The molecule has 412 valence electrons. The second kappa shape index (κ2) is 30.3. The molecule has 3 aromatic rings. The summed E-state index contributed by atoms with van der Waals surface area (Å²) in [6.07, 6.45) is 22.9. The Morgan fingerprint density at radius 3 is 2.12 bits per heavy atom. The second-order valence-corrected chi connectivity index (χ2v) is 20.2. The van der Waals surface area contributed by atoms with Crippen molar-refractivity contribution < 1.29 is 48.7 Å². The average Bonchev–Trinajstić information content (AvgIpc) is 3.42. The number of rotatable bonds is 33. The number of benzene rings is 3. The Bertz CT molecular complexity index is 2460. The minimum Gasteiger partial charge on any atom is -0.459 e. The predicted octanol–water partition coefficient (Wildman–Crippen LogP) is 12.3. The molecule has 0 spiro atoms. The number of ether oxygens (including phenoxy) is 3. The number of amides is 2. The van der Waals surface area contributed by atoms with Gasteiger partial charge in [-0.25, -0.2) is 4.79 Å². The number of hydrogen-bond donors (Lipinski definition) is 3. The number of aliphatic hydroxyl groups excluding tert-OH is 2. The number of oxime groups is 1. The minimum atomic E-state index is -1.55. The first kappa shape index (κ1) is 58.8. The van der Waals surface area contributed by atoms with Crippen LogP contribution in [-0.2, 0) is 21.0 Å². The zero-order valence-electron chi connectivity index (χ0n) is 44.5. The molecule has 0 radical (unpaired) electrons. The van der Waals surface area contributed by atoms with Crippen LogP contribution in [0.5, 0.6) is 11.5 Å². The molecule has 2 amide bonds. The third-order valence-electron chi connectivity index (χ3n) is 14.9. The van der Waals surface area contributed by atoms with E-state index in [0.717, 1.165) is 43.2 Å². The van der Waals surface area contributed by atoms with Crippen LogP contribution in [0.4, 0.5) is 16.2 Å². The summed E-state index contributed by atoms with van der Waals surface area (Å²) in [5.74, 6) is -2.27. The van der Waals surface area contributed by atoms with Crippen molar-refractivity contribution in [1.29, 1.82) is 0 Å². The molecule has 1 fully saturated rings. The highest BCUT2D eigenvalue weighted by molar-refractivity contribution is 6.03. The van der Waals surface area contributed by atoms with E-state index in [9.17, 15) is 40.0 Å². The van der Waals surface area contributed by atoms with Crippen molar-refractivity contribution in [1.82, 2.24) is 10.2 Å². The number of fused-ring (bicyclic) bond motifs is 2. The summed E-state index contributed by atoms with van der Waals surface area (Å²) in [4.78, 5) is 58.1. The Hall–Kier alpha value is -6.43. The van der Waals surface area contributed by atoms with Crippen LogP contribution in [0, 0.1) is 38.0 Å². The highest BCUT2D eigenvalue weighted by atomic mass is 16.7. The second-order valence-electron chi connectivity index (χ2n) is 20.2. The van der Waals surface area contributed by atoms with Gasteiger partial charge < -0.3 is 39.5 Å². The van der Waals surface area contributed by atoms with Gasteiger partial charge in [-0.05, 0) is 116 Å². The Kier molecular flexibility index (Phi) is 23.5. The number of carbonyl (C=O) groups excluding carboxylic acids is 2. The van der Waals surface area contributed by atoms with Gasteiger partial charge in [-0.2, -0.15) is 0 Å². The first-order valence-corrected chi connectivity index (χ1v) is 27.6. The number of nitro groups is 2. The lowest BCUT2D eigenvalue weighted by Crippen LogP contribution is -2.70. The van der Waals surface area contributed by atoms with E-state index >= 15 is 0 Å². The van der Waals surface area contributed by atoms with Crippen molar-refractivity contribution in [2.24, 2.45) is 22.9 Å². The molecule has 0 bridgehead atoms. The minimum absolute atomic E-state index is 0.00771. The summed E-state index contributed by atoms with van der Waals surface area (Å²) >= 11 is 0. The molecular formula is C59H79N5O12. The maximum Gasteiger partial charge on any atom is 0.412 e. The SMILES string of the molecule is C=CCOC12Oc3ccc(OC(=O)NCCCCCCCCCCCC)cc3C3C(CCCCO)C(CCCCO)C=C(C(=NOCc4ccc([N+](=O)[O-])cc4)CC1N(CCC)C(=O)C=Cc1ccc([N+](=O)[O-])cc1)C32. The van der Waals surface area contributed by atoms with Gasteiger partial charge in [0.15, 0.2) is 0 Å². The van der Waals surface area contributed by atoms with Gasteiger partial charge in [0.2, 0.25) is 11.7 Å². The summed E-state index contributed by atoms with van der Waals surface area (Å²) in [6, 6.07) is 16.5. The number of hydrogen-bond acceptors (Lipinski definition) is 13. The number of nitrogens with one attached hydrogen (secondary N) is 1. The van der Waals surface area contributed by atoms with Crippen LogP contribution in [0.2, 0.25) is 0 Å². The van der Waals surface area contributed by atoms with Gasteiger partial charge in [0.05, 0.1) is 28.1 Å². The first-order chi connectivity index (χ1) is 37.0. The lowest BCUT2D eigenvalue weighted by molar-refractivity contribution is -0.385. The van der Waals surface area contributed by atoms with Crippen LogP contribution < -0.4 is 14.8 Å². The van der Waals surface area contributed by atoms with Gasteiger partial charge in [0.1, 0.15) is 24.1 Å². The van der Waals surface area contributed by atoms with E-state index in [-0.39, 0.29) is 74.4 Å². The number of unbranched alkanes of at least 4 members (excludes halogenated alkanes) is 11. The normalized spacial score (nSPS) is 21.0. The lowest BCUT2D eigenvalue weighted by Gasteiger charge is -2.60. The summed E-state index contributed by atoms with van der Waals surface area (Å²) < 4.78 is 20.4. The Labute approximate surface area is 447 Å². The number of nitrogens with zero attached hydrogens (tertiary/aromatic N) is 4. The third-order valence-corrected chi connectivity index (χ3v) is 14.9. The zero-order valence-corrected chi connectivity index (χ0v) is 44.5. The third kappa shape index (κ3) is 15.8. The molecule has 76 heavy (non-hydrogen) atoms. The number of nitro benzene ring substituents is 2. The van der Waals surface area contributed by atoms with Gasteiger partial charge in [-0.1, -0.05) is 102 Å². The van der Waals surface area contributed by atoms with Crippen LogP contribution in [-0.4, -0.2) is 87.4 Å². The van der Waals surface area contributed by atoms with Crippen molar-refractivity contribution in [2.75, 3.05) is 32.9 Å². The number of allylic oxidation sites excluding steroid dienone is 1. The lowest BCUT2D eigenvalue weighted by atomic mass is 9.55. The van der Waals surface area contributed by atoms with Crippen molar-refractivity contribution in [3.05, 3.63) is 134 Å². The van der Waals surface area contributed by atoms with E-state index in [0.29, 0.717) is 67.0 Å². The maximum atomic E-state index is 14.9. The van der Waals surface area contributed by atoms with E-state index in [1.54, 1.807) is 53.5 Å². The van der Waals surface area contributed by atoms with Gasteiger partial charge in [-0.3, -0.25) is 25.0 Å². The van der Waals surface area contributed by atoms with Crippen LogP contribution in [0.1, 0.15) is 152 Å². The smallest absolute Gasteiger partial charge is 0.412 e. The number of aliphatic hydroxyl groups is 2. The molecule has 0 saturated heterocycles. The largest absolute Gasteiger partial charge is 0.459 e. The Balaban J connectivity index is 1.42. The van der Waals surface area contributed by atoms with Crippen LogP contribution >= 0.6 is 0 Å². The quantitative estimate of drug-likeness (QED) is 0.0170. The highest BCUT2D eigenvalue weighted by Crippen LogP contribution is 2.62. The molecular weight excluding hydrogens is 971 g/mol. The van der Waals surface area contributed by atoms with E-state index in [1.807, 2.05) is 13.0 Å². The number of carbonyl (C=O) groups is 2. The molecule has 3 N–H and O–H groups in total. The summed E-state index contributed by atoms with van der Waals surface area (Å²) in [5.41, 5.74) is 3.25. The fraction of sp³-hybridized carbons (Fsp3) is 0.542. The molecule has 6 unspecified atom stereocenters. The van der Waals surface area contributed by atoms with Gasteiger partial charge in [0, 0.05) is 74.5 Å². The Morgan fingerprint density at radius 2 is 1.49 bits per heavy atom. The van der Waals surface area contributed by atoms with Gasteiger partial charge >= 0.3 is 6.09 Å².